The molecular weight excluding hydrogens is 830 g/mol. The first-order valence-electron chi connectivity index (χ1n) is 14.3. The van der Waals surface area contributed by atoms with Crippen molar-refractivity contribution in [1.82, 2.24) is 9.80 Å². The van der Waals surface area contributed by atoms with Crippen LogP contribution in [0.15, 0.2) is 24.3 Å². The number of piperidine rings is 2. The molecule has 0 N–H and O–H groups in total. The molecule has 6 rings (SSSR count). The summed E-state index contributed by atoms with van der Waals surface area (Å²) in [4.78, 5) is 68.8. The van der Waals surface area contributed by atoms with Crippen LogP contribution in [-0.2, 0) is 23.9 Å². The van der Waals surface area contributed by atoms with Crippen LogP contribution in [0.1, 0.15) is 34.6 Å². The van der Waals surface area contributed by atoms with Crippen LogP contribution in [0, 0.1) is 18.0 Å². The van der Waals surface area contributed by atoms with Gasteiger partial charge in [0.1, 0.15) is 13.2 Å². The quantitative estimate of drug-likeness (QED) is 0.331. The van der Waals surface area contributed by atoms with Gasteiger partial charge in [-0.3, -0.25) is 14.4 Å². The Labute approximate surface area is 291 Å². The van der Waals surface area contributed by atoms with Crippen LogP contribution >= 0.6 is 45.2 Å². The highest BCUT2D eigenvalue weighted by Gasteiger charge is 2.57. The van der Waals surface area contributed by atoms with Gasteiger partial charge in [-0.05, 0) is 83.3 Å². The lowest BCUT2D eigenvalue weighted by atomic mass is 9.64. The van der Waals surface area contributed by atoms with Crippen LogP contribution in [0.3, 0.4) is 0 Å². The van der Waals surface area contributed by atoms with E-state index >= 15 is 0 Å². The molecule has 244 valence electrons. The number of halogens is 2. The van der Waals surface area contributed by atoms with Gasteiger partial charge in [-0.15, -0.1) is 0 Å². The summed E-state index contributed by atoms with van der Waals surface area (Å²) in [5, 5.41) is 0. The Morgan fingerprint density at radius 1 is 0.717 bits per heavy atom. The summed E-state index contributed by atoms with van der Waals surface area (Å²) in [6, 6.07) is 6.42. The minimum absolute atomic E-state index is 0.00421. The molecule has 0 radical (unpaired) electrons. The highest BCUT2D eigenvalue weighted by Crippen LogP contribution is 2.45. The number of Topliss-reactive ketones (excluding diaryl/α,β-unsaturated/α-hetero) is 1. The van der Waals surface area contributed by atoms with Crippen LogP contribution in [-0.4, -0.2) is 105 Å². The number of esters is 2. The van der Waals surface area contributed by atoms with E-state index in [1.165, 1.54) is 14.2 Å². The van der Waals surface area contributed by atoms with Gasteiger partial charge in [-0.2, -0.15) is 0 Å². The van der Waals surface area contributed by atoms with Crippen molar-refractivity contribution in [2.24, 2.45) is 10.8 Å². The molecule has 0 aromatic heterocycles. The average molecular weight is 860 g/mol. The van der Waals surface area contributed by atoms with Crippen molar-refractivity contribution < 1.29 is 52.4 Å². The summed E-state index contributed by atoms with van der Waals surface area (Å²) in [6.45, 7) is 3.94. The zero-order valence-electron chi connectivity index (χ0n) is 25.3. The molecule has 2 unspecified atom stereocenters. The molecule has 4 heterocycles. The number of likely N-dealkylation sites (tertiary alicyclic amines) is 2. The van der Waals surface area contributed by atoms with Gasteiger partial charge in [-0.1, -0.05) is 0 Å². The molecule has 2 amide bonds. The molecule has 15 heteroatoms. The number of carbonyl (C=O) groups excluding carboxylic acids is 5. The summed E-state index contributed by atoms with van der Waals surface area (Å²) in [7, 11) is 2.54. The molecule has 13 nitrogen and oxygen atoms in total. The molecule has 0 spiro atoms. The van der Waals surface area contributed by atoms with E-state index in [-0.39, 0.29) is 57.0 Å². The second-order valence-corrected chi connectivity index (χ2v) is 14.3. The average Bonchev–Trinajstić information content (AvgIpc) is 3.04. The van der Waals surface area contributed by atoms with Crippen LogP contribution in [0.2, 0.25) is 0 Å². The van der Waals surface area contributed by atoms with Gasteiger partial charge in [0.15, 0.2) is 28.8 Å². The number of hydrogen-bond acceptors (Lipinski definition) is 11. The van der Waals surface area contributed by atoms with Crippen LogP contribution in [0.5, 0.6) is 23.0 Å². The monoisotopic (exact) mass is 860 g/mol. The zero-order chi connectivity index (χ0) is 33.1. The summed E-state index contributed by atoms with van der Waals surface area (Å²) < 4.78 is 33.6. The maximum atomic E-state index is 14.0. The van der Waals surface area contributed by atoms with E-state index in [0.717, 1.165) is 0 Å². The molecule has 4 aliphatic heterocycles. The maximum Gasteiger partial charge on any atom is 0.350 e. The van der Waals surface area contributed by atoms with Crippen molar-refractivity contribution in [1.29, 1.82) is 0 Å². The standard InChI is InChI=1S/C31H30I2N2O11/c1-30-11-34(25(36)15-5-7-17-23(21(15)32)43-9-19(45-17)27(38)41-3)13-31(2,29(30)40)14-35(12-30)26(37)16-6-8-18-24(22(16)33)44-10-20(46-18)28(39)42-4/h5-8,19-20H,9-14H2,1-4H3. The lowest BCUT2D eigenvalue weighted by molar-refractivity contribution is -0.153. The van der Waals surface area contributed by atoms with E-state index in [1.54, 1.807) is 47.9 Å². The van der Waals surface area contributed by atoms with Crippen LogP contribution in [0.4, 0.5) is 0 Å². The lowest BCUT2D eigenvalue weighted by Crippen LogP contribution is -2.69. The number of amides is 2. The van der Waals surface area contributed by atoms with Gasteiger partial charge in [0.05, 0.1) is 43.3 Å². The summed E-state index contributed by atoms with van der Waals surface area (Å²) in [5.41, 5.74) is -1.27. The Hall–Kier alpha value is -3.35. The molecule has 0 saturated carbocycles. The minimum Gasteiger partial charge on any atom is -0.484 e. The first-order chi connectivity index (χ1) is 21.8. The first-order valence-corrected chi connectivity index (χ1v) is 16.5. The molecule has 2 saturated heterocycles. The smallest absolute Gasteiger partial charge is 0.350 e. The Balaban J connectivity index is 1.21. The van der Waals surface area contributed by atoms with Gasteiger partial charge < -0.3 is 38.2 Å². The lowest BCUT2D eigenvalue weighted by Gasteiger charge is -2.55. The third-order valence-corrected chi connectivity index (χ3v) is 10.8. The SMILES string of the molecule is COC(=O)C1COc2c(ccc(C(=O)N3CC4(C)CN(C(=O)c5ccc6c(c5I)OCC(C(=O)OC)O6)CC(C)(C3)C4=O)c2I)O1. The third kappa shape index (κ3) is 5.41. The molecule has 2 bridgehead atoms. The number of carbonyl (C=O) groups is 5. The topological polar surface area (TPSA) is 147 Å². The van der Waals surface area contributed by atoms with Crippen LogP contribution in [0.25, 0.3) is 0 Å². The largest absolute Gasteiger partial charge is 0.484 e. The highest BCUT2D eigenvalue weighted by molar-refractivity contribution is 14.1. The third-order valence-electron chi connectivity index (χ3n) is 8.64. The molecular formula is C31H30I2N2O11. The second kappa shape index (κ2) is 12.0. The number of nitrogens with zero attached hydrogens (tertiary/aromatic N) is 2. The fraction of sp³-hybridized carbons (Fsp3) is 0.452. The summed E-state index contributed by atoms with van der Waals surface area (Å²) in [6.07, 6.45) is -1.81. The van der Waals surface area contributed by atoms with Gasteiger partial charge in [0, 0.05) is 26.2 Å². The number of methoxy groups -OCH3 is 2. The molecule has 2 aromatic rings. The van der Waals surface area contributed by atoms with Crippen LogP contribution < -0.4 is 18.9 Å². The Kier molecular flexibility index (Phi) is 8.52. The van der Waals surface area contributed by atoms with Gasteiger partial charge in [-0.25, -0.2) is 9.59 Å². The predicted octanol–water partition coefficient (Wildman–Crippen LogP) is 2.71. The van der Waals surface area contributed by atoms with E-state index in [1.807, 2.05) is 45.2 Å². The van der Waals surface area contributed by atoms with Crippen molar-refractivity contribution >= 4 is 74.7 Å². The van der Waals surface area contributed by atoms with Gasteiger partial charge >= 0.3 is 11.9 Å². The van der Waals surface area contributed by atoms with E-state index in [4.69, 9.17) is 28.4 Å². The number of ether oxygens (including phenoxy) is 6. The number of hydrogen-bond donors (Lipinski definition) is 0. The molecule has 46 heavy (non-hydrogen) atoms. The number of rotatable bonds is 4. The normalized spacial score (nSPS) is 26.3. The number of ketones is 1. The van der Waals surface area contributed by atoms with Crippen molar-refractivity contribution in [3.8, 4) is 23.0 Å². The molecule has 2 atom stereocenters. The number of benzene rings is 2. The first kappa shape index (κ1) is 32.6. The fourth-order valence-corrected chi connectivity index (χ4v) is 8.25. The Morgan fingerprint density at radius 3 is 1.43 bits per heavy atom. The van der Waals surface area contributed by atoms with Crippen molar-refractivity contribution in [2.75, 3.05) is 53.6 Å². The van der Waals surface area contributed by atoms with Crippen molar-refractivity contribution in [3.05, 3.63) is 42.5 Å². The molecule has 4 aliphatic rings. The van der Waals surface area contributed by atoms with E-state index < -0.39 is 35.0 Å². The minimum atomic E-state index is -1.02. The maximum absolute atomic E-state index is 14.0. The fourth-order valence-electron chi connectivity index (χ4n) is 6.59. The van der Waals surface area contributed by atoms with Gasteiger partial charge in [0.2, 0.25) is 12.2 Å². The Bertz CT molecular complexity index is 1550. The molecule has 2 aromatic carbocycles. The van der Waals surface area contributed by atoms with Crippen molar-refractivity contribution in [2.45, 2.75) is 26.1 Å². The highest BCUT2D eigenvalue weighted by atomic mass is 127. The molecule has 2 fully saturated rings. The van der Waals surface area contributed by atoms with E-state index in [0.29, 0.717) is 41.3 Å². The second-order valence-electron chi connectivity index (χ2n) is 12.2. The summed E-state index contributed by atoms with van der Waals surface area (Å²) in [5.74, 6) is -0.271. The predicted molar refractivity (Wildman–Crippen MR) is 175 cm³/mol. The molecule has 0 aliphatic carbocycles. The summed E-state index contributed by atoms with van der Waals surface area (Å²) >= 11 is 4.05. The van der Waals surface area contributed by atoms with Crippen molar-refractivity contribution in [3.63, 3.8) is 0 Å². The van der Waals surface area contributed by atoms with E-state index in [9.17, 15) is 24.0 Å². The van der Waals surface area contributed by atoms with Gasteiger partial charge in [0.25, 0.3) is 11.8 Å². The van der Waals surface area contributed by atoms with E-state index in [2.05, 4.69) is 0 Å². The zero-order valence-corrected chi connectivity index (χ0v) is 29.7. The number of fused-ring (bicyclic) bond motifs is 4. The Morgan fingerprint density at radius 2 is 1.09 bits per heavy atom.